The monoisotopic (exact) mass is 252 g/mol. The smallest absolute Gasteiger partial charge is 0.213 e. The fourth-order valence-electron chi connectivity index (χ4n) is 2.10. The van der Waals surface area contributed by atoms with Crippen molar-refractivity contribution < 1.29 is 8.42 Å². The Morgan fingerprint density at radius 3 is 2.59 bits per heavy atom. The van der Waals surface area contributed by atoms with Crippen LogP contribution in [0.25, 0.3) is 5.57 Å². The first kappa shape index (κ1) is 12.1. The Bertz CT molecular complexity index is 574. The van der Waals surface area contributed by atoms with E-state index in [1.54, 1.807) is 0 Å². The predicted molar refractivity (Wildman–Crippen MR) is 70.1 cm³/mol. The van der Waals surface area contributed by atoms with Crippen LogP contribution >= 0.6 is 0 Å². The second-order valence-electron chi connectivity index (χ2n) is 4.87. The number of primary sulfonamides is 1. The second kappa shape index (κ2) is 3.85. The fourth-order valence-corrected chi connectivity index (χ4v) is 2.78. The third-order valence-electron chi connectivity index (χ3n) is 2.62. The third kappa shape index (κ3) is 2.87. The number of nitrogens with two attached hydrogens (primary N) is 1. The van der Waals surface area contributed by atoms with Crippen LogP contribution in [0, 0.1) is 0 Å². The molecule has 0 saturated carbocycles. The average molecular weight is 252 g/mol. The molecule has 92 valence electrons. The van der Waals surface area contributed by atoms with Crippen LogP contribution in [0.5, 0.6) is 0 Å². The van der Waals surface area contributed by atoms with Crippen molar-refractivity contribution in [3.63, 3.8) is 0 Å². The molecular formula is C12H16N2O2S. The molecule has 3 N–H and O–H groups in total. The van der Waals surface area contributed by atoms with Gasteiger partial charge in [0.25, 0.3) is 0 Å². The van der Waals surface area contributed by atoms with Crippen LogP contribution in [0.15, 0.2) is 30.3 Å². The lowest BCUT2D eigenvalue weighted by Crippen LogP contribution is -2.33. The summed E-state index contributed by atoms with van der Waals surface area (Å²) in [6.45, 7) is 3.98. The van der Waals surface area contributed by atoms with E-state index in [9.17, 15) is 8.42 Å². The van der Waals surface area contributed by atoms with E-state index in [2.05, 4.69) is 5.32 Å². The topological polar surface area (TPSA) is 72.2 Å². The highest BCUT2D eigenvalue weighted by Gasteiger charge is 2.25. The van der Waals surface area contributed by atoms with Gasteiger partial charge >= 0.3 is 0 Å². The highest BCUT2D eigenvalue weighted by Crippen LogP contribution is 2.33. The summed E-state index contributed by atoms with van der Waals surface area (Å²) in [4.78, 5) is 0. The van der Waals surface area contributed by atoms with Gasteiger partial charge in [-0.25, -0.2) is 13.6 Å². The van der Waals surface area contributed by atoms with Crippen molar-refractivity contribution in [3.05, 3.63) is 35.9 Å². The second-order valence-corrected chi connectivity index (χ2v) is 6.48. The van der Waals surface area contributed by atoms with Crippen LogP contribution < -0.4 is 10.5 Å². The van der Waals surface area contributed by atoms with Crippen molar-refractivity contribution in [1.29, 1.82) is 0 Å². The molecule has 1 aliphatic heterocycles. The highest BCUT2D eigenvalue weighted by atomic mass is 32.2. The molecule has 1 aromatic rings. The summed E-state index contributed by atoms with van der Waals surface area (Å²) in [5.74, 6) is -0.130. The van der Waals surface area contributed by atoms with Crippen molar-refractivity contribution in [2.75, 3.05) is 11.1 Å². The van der Waals surface area contributed by atoms with Gasteiger partial charge in [-0.2, -0.15) is 0 Å². The van der Waals surface area contributed by atoms with Crippen LogP contribution in [-0.2, 0) is 10.0 Å². The van der Waals surface area contributed by atoms with Gasteiger partial charge in [-0.05, 0) is 25.5 Å². The Morgan fingerprint density at radius 1 is 1.29 bits per heavy atom. The molecule has 0 spiro atoms. The minimum atomic E-state index is -3.51. The van der Waals surface area contributed by atoms with Gasteiger partial charge in [0, 0.05) is 11.3 Å². The van der Waals surface area contributed by atoms with Crippen molar-refractivity contribution in [1.82, 2.24) is 0 Å². The molecule has 1 aliphatic rings. The maximum atomic E-state index is 11.2. The molecule has 0 aliphatic carbocycles. The molecule has 1 aromatic carbocycles. The van der Waals surface area contributed by atoms with E-state index in [0.717, 1.165) is 16.8 Å². The first-order valence-corrected chi connectivity index (χ1v) is 7.08. The molecular weight excluding hydrogens is 236 g/mol. The molecule has 0 amide bonds. The van der Waals surface area contributed by atoms with Gasteiger partial charge in [0.2, 0.25) is 10.0 Å². The number of hydrogen-bond acceptors (Lipinski definition) is 3. The summed E-state index contributed by atoms with van der Waals surface area (Å²) >= 11 is 0. The van der Waals surface area contributed by atoms with Crippen molar-refractivity contribution >= 4 is 21.3 Å². The number of anilines is 1. The number of para-hydroxylation sites is 1. The predicted octanol–water partition coefficient (Wildman–Crippen LogP) is 1.56. The molecule has 0 bridgehead atoms. The lowest BCUT2D eigenvalue weighted by atomic mass is 9.91. The van der Waals surface area contributed by atoms with Crippen LogP contribution in [0.3, 0.4) is 0 Å². The van der Waals surface area contributed by atoms with Gasteiger partial charge in [0.15, 0.2) is 0 Å². The number of fused-ring (bicyclic) bond motifs is 1. The molecule has 0 saturated heterocycles. The van der Waals surface area contributed by atoms with E-state index in [1.807, 2.05) is 44.2 Å². The Labute approximate surface area is 102 Å². The van der Waals surface area contributed by atoms with E-state index in [4.69, 9.17) is 5.14 Å². The minimum absolute atomic E-state index is 0.130. The molecule has 5 heteroatoms. The Balaban J connectivity index is 2.51. The summed E-state index contributed by atoms with van der Waals surface area (Å²) in [6, 6.07) is 7.64. The molecule has 17 heavy (non-hydrogen) atoms. The third-order valence-corrected chi connectivity index (χ3v) is 3.33. The zero-order valence-corrected chi connectivity index (χ0v) is 10.7. The van der Waals surface area contributed by atoms with Gasteiger partial charge in [0.05, 0.1) is 11.3 Å². The molecule has 0 unspecified atom stereocenters. The molecule has 1 heterocycles. The average Bonchev–Trinajstić information content (AvgIpc) is 2.13. The van der Waals surface area contributed by atoms with Crippen LogP contribution in [0.2, 0.25) is 0 Å². The standard InChI is InChI=1S/C12H16N2O2S/c1-12(2)7-9(8-17(13,15)16)10-5-3-4-6-11(10)14-12/h3-7,14H,8H2,1-2H3,(H2,13,15,16). The number of sulfonamides is 1. The zero-order chi connectivity index (χ0) is 12.7. The molecule has 0 aromatic heterocycles. The normalized spacial score (nSPS) is 17.9. The van der Waals surface area contributed by atoms with E-state index < -0.39 is 10.0 Å². The van der Waals surface area contributed by atoms with Crippen LogP contribution in [-0.4, -0.2) is 19.7 Å². The largest absolute Gasteiger partial charge is 0.376 e. The number of hydrogen-bond donors (Lipinski definition) is 2. The van der Waals surface area contributed by atoms with Gasteiger partial charge < -0.3 is 5.32 Å². The fraction of sp³-hybridized carbons (Fsp3) is 0.333. The Morgan fingerprint density at radius 2 is 1.94 bits per heavy atom. The van der Waals surface area contributed by atoms with Gasteiger partial charge in [-0.15, -0.1) is 0 Å². The number of benzene rings is 1. The summed E-state index contributed by atoms with van der Waals surface area (Å²) in [6.07, 6.45) is 1.92. The molecule has 2 rings (SSSR count). The SMILES string of the molecule is CC1(C)C=C(CS(N)(=O)=O)c2ccccc2N1. The first-order valence-electron chi connectivity index (χ1n) is 5.37. The van der Waals surface area contributed by atoms with Gasteiger partial charge in [-0.3, -0.25) is 0 Å². The molecule has 0 radical (unpaired) electrons. The van der Waals surface area contributed by atoms with E-state index in [0.29, 0.717) is 0 Å². The van der Waals surface area contributed by atoms with Crippen molar-refractivity contribution in [2.24, 2.45) is 5.14 Å². The number of rotatable bonds is 2. The first-order chi connectivity index (χ1) is 7.77. The molecule has 4 nitrogen and oxygen atoms in total. The van der Waals surface area contributed by atoms with Crippen LogP contribution in [0.1, 0.15) is 19.4 Å². The van der Waals surface area contributed by atoms with Crippen molar-refractivity contribution in [3.8, 4) is 0 Å². The van der Waals surface area contributed by atoms with E-state index in [-0.39, 0.29) is 11.3 Å². The van der Waals surface area contributed by atoms with Crippen molar-refractivity contribution in [2.45, 2.75) is 19.4 Å². The Kier molecular flexibility index (Phi) is 2.75. The van der Waals surface area contributed by atoms with E-state index in [1.165, 1.54) is 0 Å². The lowest BCUT2D eigenvalue weighted by Gasteiger charge is -2.32. The molecule has 0 fully saturated rings. The lowest BCUT2D eigenvalue weighted by molar-refractivity contribution is 0.601. The van der Waals surface area contributed by atoms with E-state index >= 15 is 0 Å². The quantitative estimate of drug-likeness (QED) is 0.839. The van der Waals surface area contributed by atoms with Crippen LogP contribution in [0.4, 0.5) is 5.69 Å². The maximum absolute atomic E-state index is 11.2. The minimum Gasteiger partial charge on any atom is -0.376 e. The molecule has 0 atom stereocenters. The number of nitrogens with one attached hydrogen (secondary N) is 1. The summed E-state index contributed by atoms with van der Waals surface area (Å²) < 4.78 is 22.5. The van der Waals surface area contributed by atoms with Gasteiger partial charge in [-0.1, -0.05) is 24.3 Å². The Hall–Kier alpha value is -1.33. The summed E-state index contributed by atoms with van der Waals surface area (Å²) in [5, 5.41) is 8.46. The zero-order valence-electron chi connectivity index (χ0n) is 9.90. The maximum Gasteiger partial charge on any atom is 0.213 e. The summed E-state index contributed by atoms with van der Waals surface area (Å²) in [5.41, 5.74) is 2.33. The summed E-state index contributed by atoms with van der Waals surface area (Å²) in [7, 11) is -3.51. The highest BCUT2D eigenvalue weighted by molar-refractivity contribution is 7.89. The van der Waals surface area contributed by atoms with Gasteiger partial charge in [0.1, 0.15) is 0 Å².